The molecule has 1 nitrogen and oxygen atoms in total. The average molecular weight is 266 g/mol. The van der Waals surface area contributed by atoms with E-state index in [-0.39, 0.29) is 5.56 Å². The van der Waals surface area contributed by atoms with E-state index in [4.69, 9.17) is 0 Å². The monoisotopic (exact) mass is 266 g/mol. The first-order chi connectivity index (χ1) is 8.41. The van der Waals surface area contributed by atoms with Gasteiger partial charge in [0.1, 0.15) is 11.6 Å². The number of rotatable bonds is 2. The second-order valence-electron chi connectivity index (χ2n) is 4.25. The third-order valence-electron chi connectivity index (χ3n) is 2.76. The van der Waals surface area contributed by atoms with Gasteiger partial charge in [0.2, 0.25) is 5.78 Å². The van der Waals surface area contributed by atoms with Crippen LogP contribution in [0, 0.1) is 32.4 Å². The Kier molecular flexibility index (Phi) is 3.30. The van der Waals surface area contributed by atoms with Gasteiger partial charge in [-0.2, -0.15) is 0 Å². The van der Waals surface area contributed by atoms with Crippen molar-refractivity contribution in [3.63, 3.8) is 0 Å². The summed E-state index contributed by atoms with van der Waals surface area (Å²) in [5, 5.41) is 0. The zero-order chi connectivity index (χ0) is 13.4. The summed E-state index contributed by atoms with van der Waals surface area (Å²) < 4.78 is 27.5. The number of ketones is 1. The molecule has 0 aliphatic carbocycles. The highest BCUT2D eigenvalue weighted by Gasteiger charge is 2.23. The average Bonchev–Trinajstić information content (AvgIpc) is 2.63. The SMILES string of the molecule is Cc1cc(C)c(C(=O)c2c(F)ccc(C)c2F)s1. The highest BCUT2D eigenvalue weighted by molar-refractivity contribution is 7.14. The Morgan fingerprint density at radius 2 is 1.78 bits per heavy atom. The summed E-state index contributed by atoms with van der Waals surface area (Å²) >= 11 is 1.26. The third kappa shape index (κ3) is 2.08. The Bertz CT molecular complexity index is 629. The maximum absolute atomic E-state index is 13.9. The summed E-state index contributed by atoms with van der Waals surface area (Å²) in [6.07, 6.45) is 0. The van der Waals surface area contributed by atoms with Crippen LogP contribution in [0.25, 0.3) is 0 Å². The summed E-state index contributed by atoms with van der Waals surface area (Å²) in [5.41, 5.74) is 0.563. The fourth-order valence-electron chi connectivity index (χ4n) is 1.85. The molecular formula is C14H12F2OS. The molecular weight excluding hydrogens is 254 g/mol. The molecule has 94 valence electrons. The topological polar surface area (TPSA) is 17.1 Å². The van der Waals surface area contributed by atoms with Gasteiger partial charge in [0.15, 0.2) is 0 Å². The Morgan fingerprint density at radius 1 is 1.11 bits per heavy atom. The molecule has 1 heterocycles. The molecule has 0 amide bonds. The Morgan fingerprint density at radius 3 is 2.33 bits per heavy atom. The van der Waals surface area contributed by atoms with Crippen molar-refractivity contribution < 1.29 is 13.6 Å². The number of hydrogen-bond donors (Lipinski definition) is 0. The van der Waals surface area contributed by atoms with Crippen molar-refractivity contribution in [2.75, 3.05) is 0 Å². The van der Waals surface area contributed by atoms with Gasteiger partial charge < -0.3 is 0 Å². The zero-order valence-corrected chi connectivity index (χ0v) is 11.1. The predicted octanol–water partition coefficient (Wildman–Crippen LogP) is 4.18. The van der Waals surface area contributed by atoms with E-state index < -0.39 is 23.0 Å². The van der Waals surface area contributed by atoms with Crippen molar-refractivity contribution >= 4 is 17.1 Å². The molecule has 0 unspecified atom stereocenters. The van der Waals surface area contributed by atoms with E-state index in [0.717, 1.165) is 16.5 Å². The van der Waals surface area contributed by atoms with E-state index in [0.29, 0.717) is 4.88 Å². The molecule has 0 aliphatic rings. The Hall–Kier alpha value is -1.55. The zero-order valence-electron chi connectivity index (χ0n) is 10.3. The quantitative estimate of drug-likeness (QED) is 0.745. The van der Waals surface area contributed by atoms with E-state index in [9.17, 15) is 13.6 Å². The number of hydrogen-bond acceptors (Lipinski definition) is 2. The number of halogens is 2. The van der Waals surface area contributed by atoms with Gasteiger partial charge in [-0.3, -0.25) is 4.79 Å². The first-order valence-corrected chi connectivity index (χ1v) is 6.29. The molecule has 0 saturated carbocycles. The smallest absolute Gasteiger partial charge is 0.209 e. The molecule has 0 atom stereocenters. The van der Waals surface area contributed by atoms with Crippen molar-refractivity contribution in [3.05, 3.63) is 56.3 Å². The second kappa shape index (κ2) is 4.61. The van der Waals surface area contributed by atoms with Crippen LogP contribution in [0.4, 0.5) is 8.78 Å². The van der Waals surface area contributed by atoms with Crippen LogP contribution in [0.2, 0.25) is 0 Å². The number of aryl methyl sites for hydroxylation is 3. The molecule has 0 bridgehead atoms. The molecule has 4 heteroatoms. The van der Waals surface area contributed by atoms with Crippen molar-refractivity contribution in [1.29, 1.82) is 0 Å². The van der Waals surface area contributed by atoms with E-state index >= 15 is 0 Å². The predicted molar refractivity (Wildman–Crippen MR) is 68.3 cm³/mol. The largest absolute Gasteiger partial charge is 0.287 e. The van der Waals surface area contributed by atoms with E-state index in [1.54, 1.807) is 6.92 Å². The van der Waals surface area contributed by atoms with E-state index in [1.807, 2.05) is 13.0 Å². The summed E-state index contributed by atoms with van der Waals surface area (Å²) in [6, 6.07) is 4.29. The van der Waals surface area contributed by atoms with Crippen LogP contribution in [-0.4, -0.2) is 5.78 Å². The van der Waals surface area contributed by atoms with Crippen LogP contribution < -0.4 is 0 Å². The molecule has 2 rings (SSSR count). The number of carbonyl (C=O) groups excluding carboxylic acids is 1. The maximum Gasteiger partial charge on any atom is 0.209 e. The number of thiophene rings is 1. The minimum atomic E-state index is -0.812. The third-order valence-corrected chi connectivity index (χ3v) is 3.91. The highest BCUT2D eigenvalue weighted by atomic mass is 32.1. The Labute approximate surface area is 108 Å². The number of carbonyl (C=O) groups is 1. The van der Waals surface area contributed by atoms with Crippen molar-refractivity contribution in [2.45, 2.75) is 20.8 Å². The lowest BCUT2D eigenvalue weighted by Crippen LogP contribution is -2.08. The van der Waals surface area contributed by atoms with Gasteiger partial charge in [0.05, 0.1) is 10.4 Å². The van der Waals surface area contributed by atoms with Gasteiger partial charge >= 0.3 is 0 Å². The van der Waals surface area contributed by atoms with Gasteiger partial charge in [0, 0.05) is 4.88 Å². The van der Waals surface area contributed by atoms with Crippen molar-refractivity contribution in [2.24, 2.45) is 0 Å². The van der Waals surface area contributed by atoms with E-state index in [1.165, 1.54) is 24.3 Å². The molecule has 0 saturated heterocycles. The summed E-state index contributed by atoms with van der Waals surface area (Å²) in [7, 11) is 0. The minimum Gasteiger partial charge on any atom is -0.287 e. The van der Waals surface area contributed by atoms with Gasteiger partial charge in [0.25, 0.3) is 0 Å². The standard InChI is InChI=1S/C14H12F2OS/c1-7-4-5-10(15)11(12(7)16)13(17)14-8(2)6-9(3)18-14/h4-6H,1-3H3. The van der Waals surface area contributed by atoms with E-state index in [2.05, 4.69) is 0 Å². The van der Waals surface area contributed by atoms with Gasteiger partial charge in [-0.05, 0) is 44.0 Å². The summed E-state index contributed by atoms with van der Waals surface area (Å²) in [5.74, 6) is -2.16. The molecule has 1 aromatic carbocycles. The lowest BCUT2D eigenvalue weighted by atomic mass is 10.0. The molecule has 0 aliphatic heterocycles. The second-order valence-corrected chi connectivity index (χ2v) is 5.51. The van der Waals surface area contributed by atoms with Crippen LogP contribution in [0.3, 0.4) is 0 Å². The molecule has 1 aromatic heterocycles. The molecule has 2 aromatic rings. The maximum atomic E-state index is 13.9. The minimum absolute atomic E-state index is 0.269. The van der Waals surface area contributed by atoms with Crippen LogP contribution in [0.15, 0.2) is 18.2 Å². The molecule has 0 radical (unpaired) electrons. The fourth-order valence-corrected chi connectivity index (χ4v) is 2.82. The fraction of sp³-hybridized carbons (Fsp3) is 0.214. The highest BCUT2D eigenvalue weighted by Crippen LogP contribution is 2.27. The lowest BCUT2D eigenvalue weighted by Gasteiger charge is -2.05. The van der Waals surface area contributed by atoms with Crippen LogP contribution in [0.5, 0.6) is 0 Å². The molecule has 0 spiro atoms. The molecule has 0 N–H and O–H groups in total. The van der Waals surface area contributed by atoms with Gasteiger partial charge in [-0.25, -0.2) is 8.78 Å². The normalized spacial score (nSPS) is 10.7. The molecule has 18 heavy (non-hydrogen) atoms. The number of benzene rings is 1. The van der Waals surface area contributed by atoms with Gasteiger partial charge in [-0.1, -0.05) is 6.07 Å². The summed E-state index contributed by atoms with van der Waals surface area (Å²) in [6.45, 7) is 5.14. The molecule has 0 fully saturated rings. The lowest BCUT2D eigenvalue weighted by molar-refractivity contribution is 0.103. The Balaban J connectivity index is 2.60. The van der Waals surface area contributed by atoms with Crippen molar-refractivity contribution in [1.82, 2.24) is 0 Å². The van der Waals surface area contributed by atoms with Crippen LogP contribution in [0.1, 0.15) is 31.2 Å². The summed E-state index contributed by atoms with van der Waals surface area (Å²) in [4.78, 5) is 13.6. The van der Waals surface area contributed by atoms with Gasteiger partial charge in [-0.15, -0.1) is 11.3 Å². The van der Waals surface area contributed by atoms with Crippen LogP contribution >= 0.6 is 11.3 Å². The first-order valence-electron chi connectivity index (χ1n) is 5.48. The van der Waals surface area contributed by atoms with Crippen molar-refractivity contribution in [3.8, 4) is 0 Å². The first kappa shape index (κ1) is 12.9. The van der Waals surface area contributed by atoms with Crippen LogP contribution in [-0.2, 0) is 0 Å².